The second-order valence-electron chi connectivity index (χ2n) is 11.4. The van der Waals surface area contributed by atoms with Gasteiger partial charge in [0.25, 0.3) is 0 Å². The first-order valence-electron chi connectivity index (χ1n) is 14.8. The maximum Gasteiger partial charge on any atom is 0.338 e. The molecule has 44 heavy (non-hydrogen) atoms. The van der Waals surface area contributed by atoms with Crippen molar-refractivity contribution in [3.63, 3.8) is 0 Å². The smallest absolute Gasteiger partial charge is 0.338 e. The van der Waals surface area contributed by atoms with Gasteiger partial charge in [-0.2, -0.15) is 0 Å². The predicted octanol–water partition coefficient (Wildman–Crippen LogP) is 4.62. The molecular weight excluding hydrogens is 574 g/mol. The molecule has 3 aliphatic rings. The van der Waals surface area contributed by atoms with Gasteiger partial charge in [0, 0.05) is 32.3 Å². The molecular formula is C32H38F2N4O6. The number of nitrogens with one attached hydrogen (secondary N) is 2. The van der Waals surface area contributed by atoms with E-state index in [4.69, 9.17) is 14.2 Å². The summed E-state index contributed by atoms with van der Waals surface area (Å²) in [6, 6.07) is 8.29. The zero-order valence-electron chi connectivity index (χ0n) is 25.1. The third-order valence-corrected chi connectivity index (χ3v) is 8.84. The van der Waals surface area contributed by atoms with Gasteiger partial charge in [-0.05, 0) is 67.3 Å². The van der Waals surface area contributed by atoms with Gasteiger partial charge >= 0.3 is 18.0 Å². The van der Waals surface area contributed by atoms with Gasteiger partial charge in [-0.25, -0.2) is 28.1 Å². The predicted molar refractivity (Wildman–Crippen MR) is 157 cm³/mol. The first kappa shape index (κ1) is 31.4. The largest absolute Gasteiger partial charge is 0.496 e. The standard InChI is InChI=1S/C32H38F2N4O6/c1-42-18-26-28(30(39)44-3)29(20-10-13-24(33)25(34)16-20)38(32(41)36-26)31(40)35-21-14-15-37(17-21)22-11-8-19(9-12-22)23-6-4-5-7-27(23)43-2/h4-7,10,13,16,19,21-22,29H,8-9,11-12,14-15,17-18H2,1-3H3,(H,35,40)(H,36,41)/t19-,21-,22-,29+/m1/s1. The lowest BCUT2D eigenvalue weighted by molar-refractivity contribution is -0.137. The number of halogens is 2. The van der Waals surface area contributed by atoms with Crippen molar-refractivity contribution in [1.82, 2.24) is 20.4 Å². The van der Waals surface area contributed by atoms with E-state index in [0.29, 0.717) is 24.9 Å². The molecule has 5 rings (SSSR count). The second-order valence-corrected chi connectivity index (χ2v) is 11.4. The number of nitrogens with zero attached hydrogens (tertiary/aromatic N) is 2. The number of ether oxygens (including phenoxy) is 3. The highest BCUT2D eigenvalue weighted by molar-refractivity contribution is 6.01. The van der Waals surface area contributed by atoms with Crippen LogP contribution < -0.4 is 15.4 Å². The third kappa shape index (κ3) is 6.41. The zero-order valence-corrected chi connectivity index (χ0v) is 25.1. The Bertz CT molecular complexity index is 1430. The van der Waals surface area contributed by atoms with Gasteiger partial charge in [-0.15, -0.1) is 0 Å². The van der Waals surface area contributed by atoms with Gasteiger partial charge in [0.15, 0.2) is 11.6 Å². The molecule has 2 heterocycles. The molecule has 0 spiro atoms. The molecule has 2 fully saturated rings. The highest BCUT2D eigenvalue weighted by Gasteiger charge is 2.44. The summed E-state index contributed by atoms with van der Waals surface area (Å²) in [6.45, 7) is 1.22. The van der Waals surface area contributed by atoms with E-state index < -0.39 is 35.7 Å². The van der Waals surface area contributed by atoms with Crippen molar-refractivity contribution in [3.05, 3.63) is 76.5 Å². The van der Waals surface area contributed by atoms with Crippen molar-refractivity contribution in [3.8, 4) is 5.75 Å². The number of para-hydroxylation sites is 1. The fraction of sp³-hybridized carbons (Fsp3) is 0.469. The van der Waals surface area contributed by atoms with Gasteiger partial charge in [0.05, 0.1) is 32.1 Å². The number of methoxy groups -OCH3 is 3. The zero-order chi connectivity index (χ0) is 31.4. The lowest BCUT2D eigenvalue weighted by Gasteiger charge is -2.37. The van der Waals surface area contributed by atoms with Crippen molar-refractivity contribution >= 4 is 18.0 Å². The van der Waals surface area contributed by atoms with Gasteiger partial charge in [0.1, 0.15) is 11.8 Å². The minimum absolute atomic E-state index is 0.0303. The Labute approximate surface area is 255 Å². The van der Waals surface area contributed by atoms with Crippen molar-refractivity contribution < 1.29 is 37.4 Å². The van der Waals surface area contributed by atoms with Crippen LogP contribution in [0.5, 0.6) is 5.75 Å². The third-order valence-electron chi connectivity index (χ3n) is 8.84. The fourth-order valence-corrected chi connectivity index (χ4v) is 6.72. The number of hydrogen-bond acceptors (Lipinski definition) is 7. The summed E-state index contributed by atoms with van der Waals surface area (Å²) >= 11 is 0. The number of esters is 1. The van der Waals surface area contributed by atoms with Crippen LogP contribution in [0.2, 0.25) is 0 Å². The number of amides is 4. The molecule has 2 N–H and O–H groups in total. The quantitative estimate of drug-likeness (QED) is 0.419. The minimum Gasteiger partial charge on any atom is -0.496 e. The Hall–Kier alpha value is -4.03. The lowest BCUT2D eigenvalue weighted by atomic mass is 9.81. The molecule has 2 aliphatic heterocycles. The highest BCUT2D eigenvalue weighted by Crippen LogP contribution is 2.40. The molecule has 0 aromatic heterocycles. The molecule has 0 radical (unpaired) electrons. The summed E-state index contributed by atoms with van der Waals surface area (Å²) in [4.78, 5) is 43.2. The van der Waals surface area contributed by atoms with Crippen LogP contribution in [0.1, 0.15) is 55.2 Å². The monoisotopic (exact) mass is 612 g/mol. The topological polar surface area (TPSA) is 109 Å². The number of hydrogen-bond donors (Lipinski definition) is 2. The van der Waals surface area contributed by atoms with Crippen LogP contribution in [0, 0.1) is 11.6 Å². The van der Waals surface area contributed by atoms with Crippen LogP contribution in [-0.2, 0) is 14.3 Å². The molecule has 2 aromatic rings. The number of imide groups is 1. The molecule has 4 amide bonds. The second kappa shape index (κ2) is 13.7. The van der Waals surface area contributed by atoms with Crippen molar-refractivity contribution in [2.45, 2.75) is 56.1 Å². The van der Waals surface area contributed by atoms with Crippen molar-refractivity contribution in [1.29, 1.82) is 0 Å². The van der Waals surface area contributed by atoms with Crippen LogP contribution in [0.3, 0.4) is 0 Å². The summed E-state index contributed by atoms with van der Waals surface area (Å²) < 4.78 is 43.9. The number of carbonyl (C=O) groups is 3. The maximum atomic E-state index is 14.4. The fourth-order valence-electron chi connectivity index (χ4n) is 6.72. The van der Waals surface area contributed by atoms with E-state index in [2.05, 4.69) is 21.6 Å². The van der Waals surface area contributed by atoms with Gasteiger partial charge in [0.2, 0.25) is 0 Å². The van der Waals surface area contributed by atoms with E-state index in [1.165, 1.54) is 18.7 Å². The Balaban J connectivity index is 1.30. The number of likely N-dealkylation sites (tertiary alicyclic amines) is 1. The first-order valence-corrected chi connectivity index (χ1v) is 14.8. The van der Waals surface area contributed by atoms with E-state index >= 15 is 0 Å². The van der Waals surface area contributed by atoms with Crippen LogP contribution >= 0.6 is 0 Å². The van der Waals surface area contributed by atoms with E-state index in [1.54, 1.807) is 7.11 Å². The molecule has 1 aliphatic carbocycles. The minimum atomic E-state index is -1.38. The molecule has 1 saturated carbocycles. The van der Waals surface area contributed by atoms with E-state index in [1.807, 2.05) is 18.2 Å². The molecule has 2 atom stereocenters. The van der Waals surface area contributed by atoms with E-state index in [0.717, 1.165) is 62.1 Å². The van der Waals surface area contributed by atoms with Crippen LogP contribution in [0.25, 0.3) is 0 Å². The molecule has 12 heteroatoms. The normalized spacial score (nSPS) is 24.2. The molecule has 1 saturated heterocycles. The van der Waals surface area contributed by atoms with Crippen LogP contribution in [0.4, 0.5) is 18.4 Å². The van der Waals surface area contributed by atoms with Crippen LogP contribution in [-0.4, -0.2) is 80.9 Å². The van der Waals surface area contributed by atoms with E-state index in [9.17, 15) is 23.2 Å². The number of urea groups is 2. The highest BCUT2D eigenvalue weighted by atomic mass is 19.2. The Kier molecular flexibility index (Phi) is 9.80. The average molecular weight is 613 g/mol. The average Bonchev–Trinajstić information content (AvgIpc) is 3.50. The SMILES string of the molecule is COCC1=C(C(=O)OC)[C@H](c2ccc(F)c(F)c2)N(C(=O)N[C@@H]2CCN([C@H]3CC[C@H](c4ccccc4OC)CC3)C2)C(=O)N1. The van der Waals surface area contributed by atoms with E-state index in [-0.39, 0.29) is 29.5 Å². The Morgan fingerprint density at radius 3 is 2.43 bits per heavy atom. The summed E-state index contributed by atoms with van der Waals surface area (Å²) in [7, 11) is 4.22. The van der Waals surface area contributed by atoms with Crippen molar-refractivity contribution in [2.24, 2.45) is 0 Å². The summed E-state index contributed by atoms with van der Waals surface area (Å²) in [5.41, 5.74) is 1.22. The summed E-state index contributed by atoms with van der Waals surface area (Å²) in [6.07, 6.45) is 4.79. The molecule has 2 aromatic carbocycles. The Morgan fingerprint density at radius 1 is 1.00 bits per heavy atom. The van der Waals surface area contributed by atoms with Crippen molar-refractivity contribution in [2.75, 3.05) is 41.0 Å². The lowest BCUT2D eigenvalue weighted by Crippen LogP contribution is -2.56. The molecule has 0 unspecified atom stereocenters. The summed E-state index contributed by atoms with van der Waals surface area (Å²) in [5.74, 6) is -1.78. The van der Waals surface area contributed by atoms with Crippen LogP contribution in [0.15, 0.2) is 53.7 Å². The number of carbonyl (C=O) groups excluding carboxylic acids is 3. The number of rotatable bonds is 8. The molecule has 236 valence electrons. The summed E-state index contributed by atoms with van der Waals surface area (Å²) in [5, 5.41) is 5.49. The number of benzene rings is 2. The maximum absolute atomic E-state index is 14.4. The van der Waals surface area contributed by atoms with Gasteiger partial charge in [-0.1, -0.05) is 24.3 Å². The molecule has 0 bridgehead atoms. The molecule has 10 nitrogen and oxygen atoms in total. The van der Waals surface area contributed by atoms with Gasteiger partial charge < -0.3 is 24.8 Å². The van der Waals surface area contributed by atoms with Gasteiger partial charge in [-0.3, -0.25) is 4.90 Å². The first-order chi connectivity index (χ1) is 21.2. The Morgan fingerprint density at radius 2 is 1.75 bits per heavy atom.